The van der Waals surface area contributed by atoms with E-state index >= 15 is 0 Å². The second-order valence-corrected chi connectivity index (χ2v) is 12.4. The van der Waals surface area contributed by atoms with Gasteiger partial charge in [0.05, 0.1) is 44.3 Å². The normalized spacial score (nSPS) is 10.9. The van der Waals surface area contributed by atoms with Crippen LogP contribution >= 0.6 is 63.7 Å². The summed E-state index contributed by atoms with van der Waals surface area (Å²) in [6, 6.07) is 8.09. The molecular formula is C29H32Br4O8. The molecule has 0 atom stereocenters. The van der Waals surface area contributed by atoms with Gasteiger partial charge in [-0.25, -0.2) is 9.59 Å². The molecule has 0 aliphatic rings. The van der Waals surface area contributed by atoms with Gasteiger partial charge in [0.2, 0.25) is 0 Å². The summed E-state index contributed by atoms with van der Waals surface area (Å²) in [5, 5.41) is 0. The number of hydrogen-bond acceptors (Lipinski definition) is 8. The Labute approximate surface area is 274 Å². The Balaban J connectivity index is 2.00. The maximum Gasteiger partial charge on any atom is 0.508 e. The Morgan fingerprint density at radius 2 is 1.00 bits per heavy atom. The summed E-state index contributed by atoms with van der Waals surface area (Å²) in [4.78, 5) is 22.8. The average Bonchev–Trinajstić information content (AvgIpc) is 2.92. The number of carbonyl (C=O) groups excluding carboxylic acids is 2. The highest BCUT2D eigenvalue weighted by atomic mass is 79.9. The molecule has 0 fully saturated rings. The predicted molar refractivity (Wildman–Crippen MR) is 171 cm³/mol. The molecule has 0 aliphatic carbocycles. The van der Waals surface area contributed by atoms with Gasteiger partial charge in [-0.05, 0) is 99.1 Å². The molecule has 8 nitrogen and oxygen atoms in total. The van der Waals surface area contributed by atoms with E-state index in [0.29, 0.717) is 37.6 Å². The van der Waals surface area contributed by atoms with Crippen LogP contribution in [0.1, 0.15) is 37.8 Å². The van der Waals surface area contributed by atoms with E-state index in [1.54, 1.807) is 0 Å². The lowest BCUT2D eigenvalue weighted by molar-refractivity contribution is 0.0586. The van der Waals surface area contributed by atoms with Crippen molar-refractivity contribution in [2.75, 3.05) is 39.6 Å². The van der Waals surface area contributed by atoms with Crippen LogP contribution in [0.25, 0.3) is 0 Å². The zero-order valence-corrected chi connectivity index (χ0v) is 29.2. The van der Waals surface area contributed by atoms with Gasteiger partial charge in [0.1, 0.15) is 24.7 Å². The molecule has 0 heterocycles. The smallest absolute Gasteiger partial charge is 0.491 e. The van der Waals surface area contributed by atoms with Crippen molar-refractivity contribution < 1.29 is 38.0 Å². The number of hydrogen-bond donors (Lipinski definition) is 0. The third-order valence-electron chi connectivity index (χ3n) is 5.59. The minimum atomic E-state index is -0.731. The molecular weight excluding hydrogens is 796 g/mol. The lowest BCUT2D eigenvalue weighted by atomic mass is 9.78. The van der Waals surface area contributed by atoms with E-state index in [9.17, 15) is 9.59 Å². The summed E-state index contributed by atoms with van der Waals surface area (Å²) in [6.45, 7) is 12.5. The van der Waals surface area contributed by atoms with Crippen molar-refractivity contribution in [1.29, 1.82) is 0 Å². The zero-order valence-electron chi connectivity index (χ0n) is 22.8. The predicted octanol–water partition coefficient (Wildman–Crippen LogP) is 9.28. The molecule has 0 aliphatic heterocycles. The first-order chi connectivity index (χ1) is 19.5. The summed E-state index contributed by atoms with van der Waals surface area (Å²) in [6.07, 6.45) is 2.49. The third kappa shape index (κ3) is 11.3. The van der Waals surface area contributed by atoms with Crippen LogP contribution < -0.4 is 9.47 Å². The van der Waals surface area contributed by atoms with E-state index in [0.717, 1.165) is 29.0 Å². The molecule has 0 N–H and O–H groups in total. The number of halogens is 4. The quantitative estimate of drug-likeness (QED) is 0.0941. The van der Waals surface area contributed by atoms with Gasteiger partial charge in [0.15, 0.2) is 0 Å². The fraction of sp³-hybridized carbons (Fsp3) is 0.379. The molecule has 0 spiro atoms. The van der Waals surface area contributed by atoms with Gasteiger partial charge in [-0.2, -0.15) is 0 Å². The zero-order chi connectivity index (χ0) is 30.4. The SMILES string of the molecule is C=CCOC(=O)OCCCOc1c(Br)cc(C(C)(C)c2cc(Br)c(OCCCOC(=O)OCC=C)c(Br)c2)cc1Br. The number of rotatable bonds is 16. The van der Waals surface area contributed by atoms with Crippen LogP contribution in [0, 0.1) is 0 Å². The summed E-state index contributed by atoms with van der Waals surface area (Å²) in [7, 11) is 0. The van der Waals surface area contributed by atoms with E-state index in [1.165, 1.54) is 12.2 Å². The standard InChI is InChI=1S/C29H32Br4O8/c1-5-9-38-27(34)40-13-7-11-36-25-21(30)15-19(16-22(25)31)29(3,4)20-17-23(32)26(24(33)18-20)37-12-8-14-41-28(35)39-10-6-2/h5-6,15-18H,1-2,7-14H2,3-4H3. The molecule has 0 unspecified atom stereocenters. The Morgan fingerprint density at radius 3 is 1.32 bits per heavy atom. The van der Waals surface area contributed by atoms with Gasteiger partial charge in [-0.1, -0.05) is 39.2 Å². The van der Waals surface area contributed by atoms with Gasteiger partial charge >= 0.3 is 12.3 Å². The van der Waals surface area contributed by atoms with E-state index in [4.69, 9.17) is 28.4 Å². The van der Waals surface area contributed by atoms with Crippen molar-refractivity contribution in [3.63, 3.8) is 0 Å². The van der Waals surface area contributed by atoms with Crippen molar-refractivity contribution in [2.45, 2.75) is 32.1 Å². The molecule has 0 bridgehead atoms. The minimum Gasteiger partial charge on any atom is -0.491 e. The highest BCUT2D eigenvalue weighted by Gasteiger charge is 2.27. The maximum absolute atomic E-state index is 11.4. The van der Waals surface area contributed by atoms with E-state index in [-0.39, 0.29) is 31.8 Å². The van der Waals surface area contributed by atoms with E-state index < -0.39 is 12.3 Å². The van der Waals surface area contributed by atoms with E-state index in [2.05, 4.69) is 90.7 Å². The van der Waals surface area contributed by atoms with Crippen molar-refractivity contribution in [3.05, 3.63) is 78.6 Å². The third-order valence-corrected chi connectivity index (χ3v) is 7.94. The van der Waals surface area contributed by atoms with Crippen molar-refractivity contribution >= 4 is 76.0 Å². The Kier molecular flexibility index (Phi) is 15.3. The molecule has 2 rings (SSSR count). The number of carbonyl (C=O) groups is 2. The highest BCUT2D eigenvalue weighted by molar-refractivity contribution is 9.11. The van der Waals surface area contributed by atoms with Crippen molar-refractivity contribution in [3.8, 4) is 11.5 Å². The van der Waals surface area contributed by atoms with Gasteiger partial charge in [-0.3, -0.25) is 0 Å². The Bertz CT molecular complexity index is 1080. The molecule has 41 heavy (non-hydrogen) atoms. The summed E-state index contributed by atoms with van der Waals surface area (Å²) < 4.78 is 34.5. The second-order valence-electron chi connectivity index (χ2n) is 8.96. The van der Waals surface area contributed by atoms with Crippen LogP contribution in [0.5, 0.6) is 11.5 Å². The first-order valence-corrected chi connectivity index (χ1v) is 15.7. The summed E-state index contributed by atoms with van der Waals surface area (Å²) in [5.41, 5.74) is 1.71. The fourth-order valence-corrected chi connectivity index (χ4v) is 6.23. The monoisotopic (exact) mass is 824 g/mol. The summed E-state index contributed by atoms with van der Waals surface area (Å²) >= 11 is 14.5. The topological polar surface area (TPSA) is 89.5 Å². The van der Waals surface area contributed by atoms with Crippen LogP contribution in [-0.4, -0.2) is 52.0 Å². The Hall–Kier alpha value is -2.02. The first kappa shape index (κ1) is 35.2. The van der Waals surface area contributed by atoms with Gasteiger partial charge in [0.25, 0.3) is 0 Å². The molecule has 12 heteroatoms. The lowest BCUT2D eigenvalue weighted by Gasteiger charge is -2.28. The molecule has 224 valence electrons. The molecule has 0 radical (unpaired) electrons. The average molecular weight is 828 g/mol. The molecule has 0 saturated heterocycles. The summed E-state index contributed by atoms with van der Waals surface area (Å²) in [5.74, 6) is 1.31. The van der Waals surface area contributed by atoms with Crippen molar-refractivity contribution in [1.82, 2.24) is 0 Å². The second kappa shape index (κ2) is 17.8. The largest absolute Gasteiger partial charge is 0.508 e. The van der Waals surface area contributed by atoms with Crippen LogP contribution in [0.4, 0.5) is 9.59 Å². The molecule has 2 aromatic carbocycles. The van der Waals surface area contributed by atoms with E-state index in [1.807, 2.05) is 24.3 Å². The molecule has 2 aromatic rings. The first-order valence-electron chi connectivity index (χ1n) is 12.6. The minimum absolute atomic E-state index is 0.108. The van der Waals surface area contributed by atoms with Crippen LogP contribution in [0.3, 0.4) is 0 Å². The lowest BCUT2D eigenvalue weighted by Crippen LogP contribution is -2.19. The molecule has 0 aromatic heterocycles. The van der Waals surface area contributed by atoms with Gasteiger partial charge in [-0.15, -0.1) is 0 Å². The highest BCUT2D eigenvalue weighted by Crippen LogP contribution is 2.44. The molecule has 0 amide bonds. The van der Waals surface area contributed by atoms with Crippen LogP contribution in [-0.2, 0) is 24.4 Å². The number of benzene rings is 2. The van der Waals surface area contributed by atoms with Gasteiger partial charge < -0.3 is 28.4 Å². The van der Waals surface area contributed by atoms with Gasteiger partial charge in [0, 0.05) is 18.3 Å². The van der Waals surface area contributed by atoms with Crippen LogP contribution in [0.15, 0.2) is 67.5 Å². The van der Waals surface area contributed by atoms with Crippen molar-refractivity contribution in [2.24, 2.45) is 0 Å². The van der Waals surface area contributed by atoms with Crippen LogP contribution in [0.2, 0.25) is 0 Å². The maximum atomic E-state index is 11.4. The Morgan fingerprint density at radius 1 is 0.659 bits per heavy atom. The fourth-order valence-electron chi connectivity index (χ4n) is 3.40. The molecule has 0 saturated carbocycles. The number of ether oxygens (including phenoxy) is 6.